The largest absolute Gasteiger partial charge is 0.433 e. The molecule has 0 bridgehead atoms. The Morgan fingerprint density at radius 1 is 1.11 bits per heavy atom. The van der Waals surface area contributed by atoms with Gasteiger partial charge in [0.05, 0.1) is 5.69 Å². The Bertz CT molecular complexity index is 1050. The fourth-order valence-corrected chi connectivity index (χ4v) is 2.85. The smallest absolute Gasteiger partial charge is 0.319 e. The van der Waals surface area contributed by atoms with Crippen molar-refractivity contribution in [2.45, 2.75) is 13.1 Å². The number of nitrogens with zero attached hydrogens (tertiary/aromatic N) is 1. The summed E-state index contributed by atoms with van der Waals surface area (Å²) in [5.74, 6) is -1.59. The van der Waals surface area contributed by atoms with Crippen molar-refractivity contribution in [3.63, 3.8) is 0 Å². The number of carbonyl (C=O) groups excluding carboxylic acids is 1. The summed E-state index contributed by atoms with van der Waals surface area (Å²) >= 11 is 5.99. The second-order valence-electron chi connectivity index (χ2n) is 6.04. The first kappa shape index (κ1) is 19.8. The molecule has 3 aromatic rings. The highest BCUT2D eigenvalue weighted by molar-refractivity contribution is 6.30. The zero-order valence-corrected chi connectivity index (χ0v) is 15.2. The molecule has 8 heteroatoms. The molecule has 144 valence electrons. The number of alkyl halides is 3. The van der Waals surface area contributed by atoms with Gasteiger partial charge in [-0.2, -0.15) is 13.2 Å². The van der Waals surface area contributed by atoms with E-state index >= 15 is 0 Å². The monoisotopic (exact) mass is 408 g/mol. The van der Waals surface area contributed by atoms with Crippen molar-refractivity contribution in [1.29, 1.82) is 0 Å². The number of hydrogen-bond acceptors (Lipinski definition) is 2. The van der Waals surface area contributed by atoms with Gasteiger partial charge in [-0.05, 0) is 60.0 Å². The number of hydrogen-bond donors (Lipinski definition) is 1. The van der Waals surface area contributed by atoms with Gasteiger partial charge < -0.3 is 5.32 Å². The minimum Gasteiger partial charge on any atom is -0.319 e. The Morgan fingerprint density at radius 2 is 1.86 bits per heavy atom. The van der Waals surface area contributed by atoms with E-state index in [4.69, 9.17) is 11.6 Å². The lowest BCUT2D eigenvalue weighted by atomic mass is 9.99. The Balaban J connectivity index is 1.94. The van der Waals surface area contributed by atoms with Crippen molar-refractivity contribution in [2.24, 2.45) is 0 Å². The third-order valence-electron chi connectivity index (χ3n) is 4.01. The number of anilines is 1. The number of benzene rings is 2. The second kappa shape index (κ2) is 7.59. The molecule has 0 unspecified atom stereocenters. The normalized spacial score (nSPS) is 11.4. The summed E-state index contributed by atoms with van der Waals surface area (Å²) in [7, 11) is 0. The number of pyridine rings is 1. The van der Waals surface area contributed by atoms with Gasteiger partial charge >= 0.3 is 6.18 Å². The van der Waals surface area contributed by atoms with Crippen LogP contribution < -0.4 is 5.32 Å². The number of rotatable bonds is 3. The third kappa shape index (κ3) is 4.31. The molecule has 0 aliphatic heterocycles. The van der Waals surface area contributed by atoms with E-state index in [1.165, 1.54) is 12.1 Å². The fourth-order valence-electron chi connectivity index (χ4n) is 2.66. The van der Waals surface area contributed by atoms with E-state index in [-0.39, 0.29) is 11.3 Å². The predicted molar refractivity (Wildman–Crippen MR) is 98.8 cm³/mol. The van der Waals surface area contributed by atoms with Gasteiger partial charge in [0.2, 0.25) is 0 Å². The van der Waals surface area contributed by atoms with Crippen LogP contribution in [0.25, 0.3) is 11.1 Å². The first-order valence-corrected chi connectivity index (χ1v) is 8.43. The van der Waals surface area contributed by atoms with Crippen LogP contribution in [0.15, 0.2) is 54.7 Å². The summed E-state index contributed by atoms with van der Waals surface area (Å²) in [6, 6.07) is 11.3. The highest BCUT2D eigenvalue weighted by Crippen LogP contribution is 2.31. The maximum Gasteiger partial charge on any atom is 0.433 e. The van der Waals surface area contributed by atoms with E-state index in [2.05, 4.69) is 10.3 Å². The number of aryl methyl sites for hydroxylation is 1. The lowest BCUT2D eigenvalue weighted by Gasteiger charge is -2.13. The molecule has 1 N–H and O–H groups in total. The van der Waals surface area contributed by atoms with Crippen molar-refractivity contribution in [1.82, 2.24) is 4.98 Å². The second-order valence-corrected chi connectivity index (χ2v) is 6.48. The maximum absolute atomic E-state index is 14.3. The number of nitrogens with one attached hydrogen (secondary N) is 1. The molecule has 0 saturated heterocycles. The van der Waals surface area contributed by atoms with Gasteiger partial charge in [-0.3, -0.25) is 9.78 Å². The summed E-state index contributed by atoms with van der Waals surface area (Å²) in [6.07, 6.45) is -3.81. The van der Waals surface area contributed by atoms with Crippen LogP contribution in [0.5, 0.6) is 0 Å². The summed E-state index contributed by atoms with van der Waals surface area (Å²) in [4.78, 5) is 15.5. The van der Waals surface area contributed by atoms with Crippen LogP contribution in [0.4, 0.5) is 23.2 Å². The maximum atomic E-state index is 14.3. The van der Waals surface area contributed by atoms with Crippen LogP contribution in [-0.2, 0) is 6.18 Å². The molecule has 0 spiro atoms. The zero-order valence-electron chi connectivity index (χ0n) is 14.4. The van der Waals surface area contributed by atoms with Gasteiger partial charge in [-0.25, -0.2) is 4.39 Å². The molecule has 0 saturated carbocycles. The average molecular weight is 409 g/mol. The zero-order chi connectivity index (χ0) is 20.5. The quantitative estimate of drug-likeness (QED) is 0.530. The molecule has 3 rings (SSSR count). The lowest BCUT2D eigenvalue weighted by molar-refractivity contribution is -0.141. The molecule has 2 aromatic carbocycles. The molecule has 1 amide bonds. The van der Waals surface area contributed by atoms with Crippen LogP contribution in [0, 0.1) is 12.7 Å². The molecule has 0 atom stereocenters. The highest BCUT2D eigenvalue weighted by Gasteiger charge is 2.33. The molecule has 0 radical (unpaired) electrons. The molecular weight excluding hydrogens is 396 g/mol. The Hall–Kier alpha value is -2.93. The van der Waals surface area contributed by atoms with Crippen LogP contribution >= 0.6 is 11.6 Å². The van der Waals surface area contributed by atoms with Crippen molar-refractivity contribution >= 4 is 23.2 Å². The Labute approximate surface area is 163 Å². The topological polar surface area (TPSA) is 42.0 Å². The van der Waals surface area contributed by atoms with Crippen LogP contribution in [0.1, 0.15) is 21.6 Å². The molecule has 1 heterocycles. The van der Waals surface area contributed by atoms with Crippen LogP contribution in [0.3, 0.4) is 0 Å². The van der Waals surface area contributed by atoms with Crippen LogP contribution in [0.2, 0.25) is 5.02 Å². The third-order valence-corrected chi connectivity index (χ3v) is 4.25. The molecule has 1 aromatic heterocycles. The number of aromatic nitrogens is 1. The van der Waals surface area contributed by atoms with E-state index in [0.29, 0.717) is 27.8 Å². The predicted octanol–water partition coefficient (Wildman–Crippen LogP) is 6.12. The molecular formula is C20H13ClF4N2O. The van der Waals surface area contributed by atoms with E-state index in [9.17, 15) is 22.4 Å². The lowest BCUT2D eigenvalue weighted by Crippen LogP contribution is -2.16. The van der Waals surface area contributed by atoms with Gasteiger partial charge in [-0.1, -0.05) is 23.7 Å². The first-order valence-electron chi connectivity index (χ1n) is 8.06. The summed E-state index contributed by atoms with van der Waals surface area (Å²) < 4.78 is 52.7. The van der Waals surface area contributed by atoms with Crippen molar-refractivity contribution in [2.75, 3.05) is 5.32 Å². The van der Waals surface area contributed by atoms with Crippen LogP contribution in [-0.4, -0.2) is 10.9 Å². The minimum atomic E-state index is -4.69. The van der Waals surface area contributed by atoms with Gasteiger partial charge in [0, 0.05) is 16.8 Å². The summed E-state index contributed by atoms with van der Waals surface area (Å²) in [5.41, 5.74) is 0.307. The van der Waals surface area contributed by atoms with E-state index in [0.717, 1.165) is 12.3 Å². The van der Waals surface area contributed by atoms with Crippen molar-refractivity contribution < 1.29 is 22.4 Å². The Morgan fingerprint density at radius 3 is 2.54 bits per heavy atom. The molecule has 0 aliphatic carbocycles. The highest BCUT2D eigenvalue weighted by atomic mass is 35.5. The van der Waals surface area contributed by atoms with Gasteiger partial charge in [0.15, 0.2) is 0 Å². The van der Waals surface area contributed by atoms with Gasteiger partial charge in [-0.15, -0.1) is 0 Å². The summed E-state index contributed by atoms with van der Waals surface area (Å²) in [6.45, 7) is 1.70. The molecule has 0 fully saturated rings. The molecule has 3 nitrogen and oxygen atoms in total. The van der Waals surface area contributed by atoms with Gasteiger partial charge in [0.1, 0.15) is 11.5 Å². The minimum absolute atomic E-state index is 0.157. The van der Waals surface area contributed by atoms with Gasteiger partial charge in [0.25, 0.3) is 5.91 Å². The first-order chi connectivity index (χ1) is 13.1. The summed E-state index contributed by atoms with van der Waals surface area (Å²) in [5, 5.41) is 2.80. The number of halogens is 5. The van der Waals surface area contributed by atoms with E-state index in [1.54, 1.807) is 31.2 Å². The van der Waals surface area contributed by atoms with E-state index < -0.39 is 23.6 Å². The SMILES string of the molecule is Cc1cc(F)c(NC(=O)c2ccnc(C(F)(F)F)c2)cc1-c1cccc(Cl)c1. The molecule has 28 heavy (non-hydrogen) atoms. The number of carbonyl (C=O) groups is 1. The fraction of sp³-hybridized carbons (Fsp3) is 0.100. The average Bonchev–Trinajstić information content (AvgIpc) is 2.63. The Kier molecular flexibility index (Phi) is 5.38. The van der Waals surface area contributed by atoms with Crippen molar-refractivity contribution in [3.05, 3.63) is 82.4 Å². The standard InChI is InChI=1S/C20H13ClF4N2O/c1-11-7-16(22)17(10-15(11)12-3-2-4-14(21)8-12)27-19(28)13-5-6-26-18(9-13)20(23,24)25/h2-10H,1H3,(H,27,28). The molecule has 0 aliphatic rings. The van der Waals surface area contributed by atoms with E-state index in [1.807, 2.05) is 0 Å². The number of amides is 1. The van der Waals surface area contributed by atoms with Crippen molar-refractivity contribution in [3.8, 4) is 11.1 Å².